The molecule has 2 aliphatic rings. The van der Waals surface area contributed by atoms with Gasteiger partial charge in [-0.25, -0.2) is 8.42 Å². The third kappa shape index (κ3) is 5.57. The maximum atomic E-state index is 12.9. The van der Waals surface area contributed by atoms with Gasteiger partial charge in [0.05, 0.1) is 36.7 Å². The Labute approximate surface area is 174 Å². The molecule has 29 heavy (non-hydrogen) atoms. The topological polar surface area (TPSA) is 80.2 Å². The van der Waals surface area contributed by atoms with E-state index >= 15 is 0 Å². The van der Waals surface area contributed by atoms with E-state index in [1.54, 1.807) is 17.0 Å². The van der Waals surface area contributed by atoms with Gasteiger partial charge in [-0.2, -0.15) is 4.31 Å². The van der Waals surface area contributed by atoms with Gasteiger partial charge in [0.15, 0.2) is 0 Å². The number of sulfonamides is 1. The van der Waals surface area contributed by atoms with E-state index in [-0.39, 0.29) is 29.1 Å². The molecular formula is C21H34N3O4S+. The molecule has 162 valence electrons. The highest BCUT2D eigenvalue weighted by atomic mass is 32.2. The average molecular weight is 425 g/mol. The van der Waals surface area contributed by atoms with Crippen LogP contribution in [-0.4, -0.2) is 69.6 Å². The van der Waals surface area contributed by atoms with Crippen molar-refractivity contribution in [3.8, 4) is 0 Å². The second kappa shape index (κ2) is 9.55. The number of morpholine rings is 1. The molecule has 0 spiro atoms. The van der Waals surface area contributed by atoms with Crippen LogP contribution in [0.15, 0.2) is 29.2 Å². The van der Waals surface area contributed by atoms with Gasteiger partial charge in [-0.05, 0) is 44.5 Å². The van der Waals surface area contributed by atoms with Crippen LogP contribution in [0, 0.1) is 0 Å². The van der Waals surface area contributed by atoms with Crippen molar-refractivity contribution in [2.24, 2.45) is 0 Å². The number of hydrogen-bond acceptors (Lipinski definition) is 4. The maximum absolute atomic E-state index is 12.9. The highest BCUT2D eigenvalue weighted by Gasteiger charge is 2.32. The van der Waals surface area contributed by atoms with Gasteiger partial charge in [-0.3, -0.25) is 4.79 Å². The summed E-state index contributed by atoms with van der Waals surface area (Å²) in [5.41, 5.74) is 0.496. The molecule has 1 amide bonds. The van der Waals surface area contributed by atoms with Crippen molar-refractivity contribution in [2.45, 2.75) is 63.2 Å². The third-order valence-electron chi connectivity index (χ3n) is 5.77. The van der Waals surface area contributed by atoms with Gasteiger partial charge in [0.1, 0.15) is 0 Å². The normalized spacial score (nSPS) is 28.8. The first-order chi connectivity index (χ1) is 13.8. The summed E-state index contributed by atoms with van der Waals surface area (Å²) in [6.45, 7) is 10.0. The molecule has 8 heteroatoms. The van der Waals surface area contributed by atoms with Gasteiger partial charge in [-0.1, -0.05) is 6.92 Å². The van der Waals surface area contributed by atoms with E-state index in [2.05, 4.69) is 12.2 Å². The van der Waals surface area contributed by atoms with Gasteiger partial charge in [0, 0.05) is 37.5 Å². The molecule has 1 aromatic carbocycles. The average Bonchev–Trinajstić information content (AvgIpc) is 2.69. The van der Waals surface area contributed by atoms with Crippen LogP contribution < -0.4 is 10.2 Å². The molecule has 0 bridgehead atoms. The van der Waals surface area contributed by atoms with E-state index in [9.17, 15) is 13.2 Å². The SMILES string of the molecule is CCC[NH+]1CCC(NC(=O)c2ccc(S(=O)(=O)N3C[C@@H](C)O[C@@H](C)C3)cc2)CC1. The number of likely N-dealkylation sites (tertiary alicyclic amines) is 1. The lowest BCUT2D eigenvalue weighted by Crippen LogP contribution is -3.13. The smallest absolute Gasteiger partial charge is 0.251 e. The van der Waals surface area contributed by atoms with Gasteiger partial charge < -0.3 is 15.0 Å². The zero-order chi connectivity index (χ0) is 21.0. The van der Waals surface area contributed by atoms with E-state index in [1.807, 2.05) is 13.8 Å². The molecule has 0 aromatic heterocycles. The number of amides is 1. The van der Waals surface area contributed by atoms with Crippen LogP contribution in [0.4, 0.5) is 0 Å². The van der Waals surface area contributed by atoms with Crippen molar-refractivity contribution < 1.29 is 22.8 Å². The second-order valence-corrected chi connectivity index (χ2v) is 10.3. The Morgan fingerprint density at radius 3 is 2.28 bits per heavy atom. The van der Waals surface area contributed by atoms with Crippen LogP contribution in [0.2, 0.25) is 0 Å². The van der Waals surface area contributed by atoms with Crippen molar-refractivity contribution >= 4 is 15.9 Å². The van der Waals surface area contributed by atoms with Crippen LogP contribution in [0.3, 0.4) is 0 Å². The molecular weight excluding hydrogens is 390 g/mol. The first-order valence-corrected chi connectivity index (χ1v) is 12.1. The molecule has 2 heterocycles. The van der Waals surface area contributed by atoms with Crippen LogP contribution >= 0.6 is 0 Å². The quantitative estimate of drug-likeness (QED) is 0.704. The molecule has 0 radical (unpaired) electrons. The molecule has 0 saturated carbocycles. The fraction of sp³-hybridized carbons (Fsp3) is 0.667. The summed E-state index contributed by atoms with van der Waals surface area (Å²) in [7, 11) is -3.59. The van der Waals surface area contributed by atoms with E-state index in [0.29, 0.717) is 18.7 Å². The van der Waals surface area contributed by atoms with Gasteiger partial charge in [-0.15, -0.1) is 0 Å². The third-order valence-corrected chi connectivity index (χ3v) is 7.62. The summed E-state index contributed by atoms with van der Waals surface area (Å²) < 4.78 is 33.0. The van der Waals surface area contributed by atoms with E-state index < -0.39 is 10.0 Å². The van der Waals surface area contributed by atoms with Gasteiger partial charge in [0.2, 0.25) is 10.0 Å². The Hall–Kier alpha value is -1.48. The number of carbonyl (C=O) groups excluding carboxylic acids is 1. The number of rotatable bonds is 6. The largest absolute Gasteiger partial charge is 0.373 e. The van der Waals surface area contributed by atoms with Crippen LogP contribution in [0.5, 0.6) is 0 Å². The number of quaternary nitrogens is 1. The molecule has 2 aliphatic heterocycles. The van der Waals surface area contributed by atoms with Crippen molar-refractivity contribution in [1.82, 2.24) is 9.62 Å². The van der Waals surface area contributed by atoms with Crippen LogP contribution in [-0.2, 0) is 14.8 Å². The fourth-order valence-corrected chi connectivity index (χ4v) is 5.89. The number of ether oxygens (including phenoxy) is 1. The number of hydrogen-bond donors (Lipinski definition) is 2. The Bertz CT molecular complexity index is 779. The number of piperidine rings is 1. The highest BCUT2D eigenvalue weighted by Crippen LogP contribution is 2.21. The van der Waals surface area contributed by atoms with Crippen molar-refractivity contribution in [3.05, 3.63) is 29.8 Å². The Morgan fingerprint density at radius 2 is 1.72 bits per heavy atom. The molecule has 7 nitrogen and oxygen atoms in total. The lowest BCUT2D eigenvalue weighted by Gasteiger charge is -2.34. The summed E-state index contributed by atoms with van der Waals surface area (Å²) in [5.74, 6) is -0.133. The first-order valence-electron chi connectivity index (χ1n) is 10.7. The van der Waals surface area contributed by atoms with E-state index in [1.165, 1.54) is 29.4 Å². The molecule has 2 fully saturated rings. The fourth-order valence-electron chi connectivity index (χ4n) is 4.30. The lowest BCUT2D eigenvalue weighted by molar-refractivity contribution is -0.905. The van der Waals surface area contributed by atoms with Crippen molar-refractivity contribution in [1.29, 1.82) is 0 Å². The minimum absolute atomic E-state index is 0.133. The lowest BCUT2D eigenvalue weighted by atomic mass is 10.0. The number of carbonyl (C=O) groups is 1. The molecule has 1 aromatic rings. The maximum Gasteiger partial charge on any atom is 0.251 e. The monoisotopic (exact) mass is 424 g/mol. The Kier molecular flexibility index (Phi) is 7.32. The van der Waals surface area contributed by atoms with E-state index in [0.717, 1.165) is 25.9 Å². The van der Waals surface area contributed by atoms with Crippen LogP contribution in [0.1, 0.15) is 50.4 Å². The van der Waals surface area contributed by atoms with Crippen LogP contribution in [0.25, 0.3) is 0 Å². The highest BCUT2D eigenvalue weighted by molar-refractivity contribution is 7.89. The molecule has 2 atom stereocenters. The zero-order valence-electron chi connectivity index (χ0n) is 17.7. The summed E-state index contributed by atoms with van der Waals surface area (Å²) in [6, 6.07) is 6.47. The summed E-state index contributed by atoms with van der Waals surface area (Å²) in [5, 5.41) is 3.10. The molecule has 0 unspecified atom stereocenters. The van der Waals surface area contributed by atoms with Gasteiger partial charge >= 0.3 is 0 Å². The zero-order valence-corrected chi connectivity index (χ0v) is 18.5. The van der Waals surface area contributed by atoms with E-state index in [4.69, 9.17) is 4.74 Å². The molecule has 3 rings (SSSR count). The predicted octanol–water partition coefficient (Wildman–Crippen LogP) is 0.672. The minimum Gasteiger partial charge on any atom is -0.373 e. The molecule has 0 aliphatic carbocycles. The molecule has 2 N–H and O–H groups in total. The van der Waals surface area contributed by atoms with Gasteiger partial charge in [0.25, 0.3) is 5.91 Å². The van der Waals surface area contributed by atoms with Crippen molar-refractivity contribution in [3.63, 3.8) is 0 Å². The Morgan fingerprint density at radius 1 is 1.14 bits per heavy atom. The Balaban J connectivity index is 1.60. The van der Waals surface area contributed by atoms with Crippen molar-refractivity contribution in [2.75, 3.05) is 32.7 Å². The predicted molar refractivity (Wildman–Crippen MR) is 112 cm³/mol. The summed E-state index contributed by atoms with van der Waals surface area (Å²) >= 11 is 0. The standard InChI is InChI=1S/C21H33N3O4S/c1-4-11-23-12-9-19(10-13-23)22-21(25)18-5-7-20(8-6-18)29(26,27)24-14-16(2)28-17(3)15-24/h5-8,16-17,19H,4,9-15H2,1-3H3,(H,22,25)/p+1/t16-,17+. The minimum atomic E-state index is -3.59. The second-order valence-electron chi connectivity index (χ2n) is 8.35. The number of nitrogens with zero attached hydrogens (tertiary/aromatic N) is 1. The first kappa shape index (κ1) is 22.2. The summed E-state index contributed by atoms with van der Waals surface area (Å²) in [4.78, 5) is 14.4. The molecule has 2 saturated heterocycles. The number of benzene rings is 1. The summed E-state index contributed by atoms with van der Waals surface area (Å²) in [6.07, 6.45) is 2.89. The number of nitrogens with one attached hydrogen (secondary N) is 2.